The van der Waals surface area contributed by atoms with E-state index in [2.05, 4.69) is 201 Å². The fraction of sp³-hybridized carbons (Fsp3) is 1.00. The van der Waals surface area contributed by atoms with E-state index in [1.54, 1.807) is 51.4 Å². The van der Waals surface area contributed by atoms with Crippen LogP contribution in [0.4, 0.5) is 0 Å². The lowest BCUT2D eigenvalue weighted by atomic mass is 9.56. The Hall–Kier alpha value is 0. The normalized spacial score (nSPS) is 32.2. The van der Waals surface area contributed by atoms with Crippen LogP contribution in [0.3, 0.4) is 0 Å². The molecule has 640 valence electrons. The molecule has 0 radical (unpaired) electrons. The molecule has 8 atom stereocenters. The van der Waals surface area contributed by atoms with Gasteiger partial charge in [0.25, 0.3) is 0 Å². The third-order valence-electron chi connectivity index (χ3n) is 34.3. The Morgan fingerprint density at radius 2 is 0.701 bits per heavy atom. The lowest BCUT2D eigenvalue weighted by Crippen LogP contribution is -2.41. The Labute approximate surface area is 681 Å². The predicted molar refractivity (Wildman–Crippen MR) is 490 cm³/mol. The van der Waals surface area contributed by atoms with Gasteiger partial charge in [-0.15, -0.1) is 0 Å². The molecule has 14 rings (SSSR count). The van der Waals surface area contributed by atoms with Crippen molar-refractivity contribution in [2.24, 2.45) is 139 Å². The van der Waals surface area contributed by atoms with Crippen LogP contribution in [-0.2, 0) is 0 Å². The Balaban J connectivity index is 0.000000394. The van der Waals surface area contributed by atoms with E-state index in [-0.39, 0.29) is 0 Å². The van der Waals surface area contributed by atoms with Crippen LogP contribution in [0.25, 0.3) is 0 Å². The van der Waals surface area contributed by atoms with Gasteiger partial charge in [-0.1, -0.05) is 451 Å². The zero-order chi connectivity index (χ0) is 80.5. The first-order valence-electron chi connectivity index (χ1n) is 50.2. The van der Waals surface area contributed by atoms with Gasteiger partial charge >= 0.3 is 0 Å². The van der Waals surface area contributed by atoms with Crippen LogP contribution in [-0.4, -0.2) is 0 Å². The highest BCUT2D eigenvalue weighted by atomic mass is 14.5. The molecule has 107 heavy (non-hydrogen) atoms. The molecule has 4 bridgehead atoms. The van der Waals surface area contributed by atoms with Gasteiger partial charge < -0.3 is 0 Å². The second-order valence-corrected chi connectivity index (χ2v) is 46.7. The fourth-order valence-electron chi connectivity index (χ4n) is 22.0. The SMILES string of the molecule is CC(C)(C)C(C)(C)C(C)(C)C.CC(C)C1CCCC1.CC1(C)CCCCC1.CC1C2CCC1CC2.CC1CC2CCC1C2.CC1CCC(C)CC1.CC1CCCC[C@H]1C.CC1CCC[C@@H](C)C1.CCC1(C)CCCC1.CCC1(C)CCCC1.CCC1CCCCC1.CCCC1CCCC1.C[C@H]1CCCC1(C)C. The van der Waals surface area contributed by atoms with Gasteiger partial charge in [0, 0.05) is 0 Å². The van der Waals surface area contributed by atoms with Gasteiger partial charge in [-0.2, -0.15) is 0 Å². The molecular formula is C107H212. The molecule has 0 saturated heterocycles. The van der Waals surface area contributed by atoms with E-state index >= 15 is 0 Å². The Bertz CT molecular complexity index is 1930. The van der Waals surface area contributed by atoms with Crippen molar-refractivity contribution in [1.82, 2.24) is 0 Å². The summed E-state index contributed by atoms with van der Waals surface area (Å²) in [6, 6.07) is 0. The van der Waals surface area contributed by atoms with E-state index in [1.807, 2.05) is 0 Å². The molecule has 14 saturated carbocycles. The maximum atomic E-state index is 2.44. The van der Waals surface area contributed by atoms with Gasteiger partial charge in [-0.25, -0.2) is 0 Å². The maximum absolute atomic E-state index is 2.44. The first-order chi connectivity index (χ1) is 50.2. The highest BCUT2D eigenvalue weighted by Crippen LogP contribution is 2.52. The van der Waals surface area contributed by atoms with Crippen molar-refractivity contribution in [2.45, 2.75) is 548 Å². The minimum absolute atomic E-state index is 0.375. The van der Waals surface area contributed by atoms with Crippen molar-refractivity contribution < 1.29 is 0 Å². The van der Waals surface area contributed by atoms with E-state index in [4.69, 9.17) is 0 Å². The summed E-state index contributed by atoms with van der Waals surface area (Å²) in [5.74, 6) is 18.0. The highest BCUT2D eigenvalue weighted by molar-refractivity contribution is 4.92. The summed E-state index contributed by atoms with van der Waals surface area (Å²) in [5.41, 5.74) is 3.94. The molecule has 0 aliphatic heterocycles. The van der Waals surface area contributed by atoms with Gasteiger partial charge in [-0.05, 0) is 235 Å². The number of hydrogen-bond acceptors (Lipinski definition) is 0. The van der Waals surface area contributed by atoms with Crippen molar-refractivity contribution >= 4 is 0 Å². The predicted octanol–water partition coefficient (Wildman–Crippen LogP) is 38.0. The largest absolute Gasteiger partial charge is 0.0654 e. The van der Waals surface area contributed by atoms with Crippen molar-refractivity contribution in [2.75, 3.05) is 0 Å². The quantitative estimate of drug-likeness (QED) is 0.249. The Morgan fingerprint density at radius 1 is 0.318 bits per heavy atom. The Kier molecular flexibility index (Phi) is 52.1. The fourth-order valence-corrected chi connectivity index (χ4v) is 22.0. The minimum atomic E-state index is 0.375. The van der Waals surface area contributed by atoms with Crippen molar-refractivity contribution in [3.05, 3.63) is 0 Å². The molecule has 14 aliphatic rings. The molecule has 0 nitrogen and oxygen atoms in total. The summed E-state index contributed by atoms with van der Waals surface area (Å²) in [6.45, 7) is 68.3. The molecule has 0 amide bonds. The summed E-state index contributed by atoms with van der Waals surface area (Å²) in [6.07, 6.45) is 80.2. The van der Waals surface area contributed by atoms with Gasteiger partial charge in [0.05, 0.1) is 0 Å². The first-order valence-corrected chi connectivity index (χ1v) is 50.2. The molecule has 0 aromatic carbocycles. The van der Waals surface area contributed by atoms with Crippen molar-refractivity contribution in [1.29, 1.82) is 0 Å². The number of fused-ring (bicyclic) bond motifs is 4. The van der Waals surface area contributed by atoms with Crippen molar-refractivity contribution in [3.63, 3.8) is 0 Å². The summed E-state index contributed by atoms with van der Waals surface area (Å²) >= 11 is 0. The topological polar surface area (TPSA) is 0 Å². The minimum Gasteiger partial charge on any atom is -0.0654 e. The van der Waals surface area contributed by atoms with Crippen LogP contribution < -0.4 is 0 Å². The lowest BCUT2D eigenvalue weighted by Gasteiger charge is -2.49. The number of rotatable bonds is 6. The van der Waals surface area contributed by atoms with Crippen LogP contribution in [0, 0.1) is 139 Å². The van der Waals surface area contributed by atoms with Gasteiger partial charge in [-0.3, -0.25) is 0 Å². The summed E-state index contributed by atoms with van der Waals surface area (Å²) in [7, 11) is 0. The Morgan fingerprint density at radius 3 is 0.916 bits per heavy atom. The summed E-state index contributed by atoms with van der Waals surface area (Å²) in [4.78, 5) is 0. The average Bonchev–Trinajstić information content (AvgIpc) is 1.76. The zero-order valence-corrected chi connectivity index (χ0v) is 80.5. The third kappa shape index (κ3) is 43.7. The highest BCUT2D eigenvalue weighted by Gasteiger charge is 2.43. The lowest BCUT2D eigenvalue weighted by molar-refractivity contribution is 0.00575. The van der Waals surface area contributed by atoms with Crippen LogP contribution in [0.5, 0.6) is 0 Å². The molecule has 0 aromatic rings. The molecule has 0 spiro atoms. The number of hydrogen-bond donors (Lipinski definition) is 0. The van der Waals surface area contributed by atoms with E-state index in [0.29, 0.717) is 27.1 Å². The smallest absolute Gasteiger partial charge is 0.0257 e. The molecule has 0 heterocycles. The average molecular weight is 1500 g/mol. The summed E-state index contributed by atoms with van der Waals surface area (Å²) < 4.78 is 0. The summed E-state index contributed by atoms with van der Waals surface area (Å²) in [5, 5.41) is 0. The standard InChI is InChI=1S/C11H24.2C8H14.10C8H16/c1-9(2,3)11(7,8)10(4,5)6;1-6-4-7-2-3-8(6)5-7;1-6-7-2-3-8(6)5-4-7;1-7-5-4-6-8(7,2)3;1-7-3-5-8(2)6-4-7;1-7-4-3-5-8(2)6-7;1-8(2)6-4-3-5-7-8;1-7-5-3-4-6-8(7)2;1-7(2)8-5-3-4-6-8;2*1-3-8(2)6-4-5-7-8;1-2-8-6-4-3-5-7-8;1-2-5-8-6-3-4-7-8/h1-8H3;2*6-8H,2-5H2,1H3;7H,4-6H2,1-3H3;2*7-8H,3-6H2,1-2H3;3-7H2,1-2H3;2*7-8H,3-6H2,1-2H3;2*3-7H2,1-2H3;2*8H,2-7H2,1H3/t;;;7-;;7-,8?;;7-,8?;;;;;/m...0.1.1...../s1. The van der Waals surface area contributed by atoms with Crippen LogP contribution in [0.2, 0.25) is 0 Å². The van der Waals surface area contributed by atoms with E-state index in [1.165, 1.54) is 295 Å². The van der Waals surface area contributed by atoms with E-state index in [9.17, 15) is 0 Å². The van der Waals surface area contributed by atoms with Gasteiger partial charge in [0.1, 0.15) is 0 Å². The van der Waals surface area contributed by atoms with Crippen LogP contribution in [0.1, 0.15) is 548 Å². The van der Waals surface area contributed by atoms with Gasteiger partial charge in [0.15, 0.2) is 0 Å². The molecule has 0 N–H and O–H groups in total. The molecular weight excluding hydrogens is 1290 g/mol. The van der Waals surface area contributed by atoms with Crippen LogP contribution >= 0.6 is 0 Å². The molecule has 14 fully saturated rings. The molecule has 14 aliphatic carbocycles. The second-order valence-electron chi connectivity index (χ2n) is 46.7. The maximum Gasteiger partial charge on any atom is -0.0257 e. The monoisotopic (exact) mass is 1500 g/mol. The first kappa shape index (κ1) is 103. The second kappa shape index (κ2) is 54.1. The van der Waals surface area contributed by atoms with E-state index < -0.39 is 0 Å². The van der Waals surface area contributed by atoms with Gasteiger partial charge in [0.2, 0.25) is 0 Å². The molecule has 5 unspecified atom stereocenters. The molecule has 0 heteroatoms. The van der Waals surface area contributed by atoms with Crippen LogP contribution in [0.15, 0.2) is 0 Å². The van der Waals surface area contributed by atoms with Crippen molar-refractivity contribution in [3.8, 4) is 0 Å². The zero-order valence-electron chi connectivity index (χ0n) is 80.5. The molecule has 0 aromatic heterocycles. The third-order valence-corrected chi connectivity index (χ3v) is 34.3. The van der Waals surface area contributed by atoms with E-state index in [0.717, 1.165) is 111 Å².